The molecule has 0 spiro atoms. The van der Waals surface area contributed by atoms with Crippen LogP contribution in [0.2, 0.25) is 0 Å². The Labute approximate surface area is 73.3 Å². The lowest BCUT2D eigenvalue weighted by Gasteiger charge is -2.33. The van der Waals surface area contributed by atoms with E-state index in [0.717, 1.165) is 0 Å². The van der Waals surface area contributed by atoms with Gasteiger partial charge in [0, 0.05) is 18.6 Å². The lowest BCUT2D eigenvalue weighted by Crippen LogP contribution is -2.46. The highest BCUT2D eigenvalue weighted by atomic mass is 16.4. The standard InChI is InChI=1S/C8H18N2O2/c1-8(2,3)10(5-4-9)6-7(11)12/h4-6,9H2,1-3H3,(H,11,12). The Morgan fingerprint density at radius 3 is 2.25 bits per heavy atom. The Kier molecular flexibility index (Phi) is 4.20. The van der Waals surface area contributed by atoms with E-state index in [2.05, 4.69) is 0 Å². The van der Waals surface area contributed by atoms with Crippen LogP contribution in [0.4, 0.5) is 0 Å². The summed E-state index contributed by atoms with van der Waals surface area (Å²) in [5, 5.41) is 8.59. The lowest BCUT2D eigenvalue weighted by atomic mass is 10.1. The summed E-state index contributed by atoms with van der Waals surface area (Å²) in [4.78, 5) is 12.3. The fourth-order valence-electron chi connectivity index (χ4n) is 0.971. The highest BCUT2D eigenvalue weighted by Gasteiger charge is 2.22. The highest BCUT2D eigenvalue weighted by Crippen LogP contribution is 2.11. The number of nitrogens with two attached hydrogens (primary N) is 1. The summed E-state index contributed by atoms with van der Waals surface area (Å²) >= 11 is 0. The second-order valence-corrected chi connectivity index (χ2v) is 3.77. The SMILES string of the molecule is CC(C)(C)N(CCN)CC(=O)O. The second kappa shape index (κ2) is 4.42. The molecule has 0 aliphatic carbocycles. The van der Waals surface area contributed by atoms with E-state index >= 15 is 0 Å². The molecule has 0 saturated carbocycles. The third-order valence-electron chi connectivity index (χ3n) is 1.67. The van der Waals surface area contributed by atoms with Gasteiger partial charge in [0.1, 0.15) is 0 Å². The first-order chi connectivity index (χ1) is 5.38. The first-order valence-electron chi connectivity index (χ1n) is 4.05. The van der Waals surface area contributed by atoms with Crippen LogP contribution >= 0.6 is 0 Å². The van der Waals surface area contributed by atoms with E-state index in [4.69, 9.17) is 10.8 Å². The van der Waals surface area contributed by atoms with Crippen LogP contribution in [0.15, 0.2) is 0 Å². The van der Waals surface area contributed by atoms with Gasteiger partial charge < -0.3 is 10.8 Å². The maximum Gasteiger partial charge on any atom is 0.317 e. The highest BCUT2D eigenvalue weighted by molar-refractivity contribution is 5.69. The van der Waals surface area contributed by atoms with Crippen molar-refractivity contribution in [2.75, 3.05) is 19.6 Å². The molecular formula is C8H18N2O2. The van der Waals surface area contributed by atoms with Crippen molar-refractivity contribution in [1.29, 1.82) is 0 Å². The maximum absolute atomic E-state index is 10.4. The Balaban J connectivity index is 4.13. The smallest absolute Gasteiger partial charge is 0.317 e. The third-order valence-corrected chi connectivity index (χ3v) is 1.67. The van der Waals surface area contributed by atoms with Crippen LogP contribution in [-0.2, 0) is 4.79 Å². The predicted molar refractivity (Wildman–Crippen MR) is 48.0 cm³/mol. The maximum atomic E-state index is 10.4. The van der Waals surface area contributed by atoms with Crippen molar-refractivity contribution < 1.29 is 9.90 Å². The minimum atomic E-state index is -0.807. The van der Waals surface area contributed by atoms with Crippen molar-refractivity contribution >= 4 is 5.97 Å². The summed E-state index contributed by atoms with van der Waals surface area (Å²) < 4.78 is 0. The fraction of sp³-hybridized carbons (Fsp3) is 0.875. The first kappa shape index (κ1) is 11.4. The van der Waals surface area contributed by atoms with E-state index in [0.29, 0.717) is 13.1 Å². The zero-order valence-electron chi connectivity index (χ0n) is 8.00. The summed E-state index contributed by atoms with van der Waals surface area (Å²) in [6.45, 7) is 7.10. The monoisotopic (exact) mass is 174 g/mol. The van der Waals surface area contributed by atoms with Gasteiger partial charge in [0.25, 0.3) is 0 Å². The van der Waals surface area contributed by atoms with Crippen molar-refractivity contribution in [2.24, 2.45) is 5.73 Å². The molecular weight excluding hydrogens is 156 g/mol. The molecule has 0 aromatic carbocycles. The number of hydrogen-bond donors (Lipinski definition) is 2. The van der Waals surface area contributed by atoms with Crippen LogP contribution in [0.5, 0.6) is 0 Å². The molecule has 0 fully saturated rings. The Morgan fingerprint density at radius 2 is 2.00 bits per heavy atom. The topological polar surface area (TPSA) is 66.6 Å². The van der Waals surface area contributed by atoms with Gasteiger partial charge in [0.05, 0.1) is 6.54 Å². The minimum Gasteiger partial charge on any atom is -0.480 e. The quantitative estimate of drug-likeness (QED) is 0.635. The average molecular weight is 174 g/mol. The molecule has 12 heavy (non-hydrogen) atoms. The molecule has 0 heterocycles. The van der Waals surface area contributed by atoms with Crippen molar-refractivity contribution in [1.82, 2.24) is 4.90 Å². The van der Waals surface area contributed by atoms with E-state index in [9.17, 15) is 4.79 Å². The molecule has 3 N–H and O–H groups in total. The molecule has 0 saturated heterocycles. The molecule has 4 heteroatoms. The van der Waals surface area contributed by atoms with Crippen LogP contribution in [0.1, 0.15) is 20.8 Å². The summed E-state index contributed by atoms with van der Waals surface area (Å²) in [5.74, 6) is -0.807. The number of aliphatic carboxylic acids is 1. The number of hydrogen-bond acceptors (Lipinski definition) is 3. The number of carbonyl (C=O) groups is 1. The Bertz CT molecular complexity index is 152. The van der Waals surface area contributed by atoms with E-state index in [-0.39, 0.29) is 12.1 Å². The van der Waals surface area contributed by atoms with Crippen LogP contribution in [0.3, 0.4) is 0 Å². The molecule has 4 nitrogen and oxygen atoms in total. The number of rotatable bonds is 4. The number of carboxylic acids is 1. The molecule has 0 atom stereocenters. The Morgan fingerprint density at radius 1 is 1.50 bits per heavy atom. The van der Waals surface area contributed by atoms with E-state index < -0.39 is 5.97 Å². The fourth-order valence-corrected chi connectivity index (χ4v) is 0.971. The molecule has 0 aromatic heterocycles. The molecule has 0 aliphatic rings. The van der Waals surface area contributed by atoms with Gasteiger partial charge in [-0.15, -0.1) is 0 Å². The van der Waals surface area contributed by atoms with E-state index in [1.54, 1.807) is 0 Å². The average Bonchev–Trinajstić information content (AvgIpc) is 1.83. The van der Waals surface area contributed by atoms with Crippen molar-refractivity contribution in [3.63, 3.8) is 0 Å². The molecule has 0 rings (SSSR count). The van der Waals surface area contributed by atoms with E-state index in [1.165, 1.54) is 0 Å². The van der Waals surface area contributed by atoms with Crippen molar-refractivity contribution in [3.8, 4) is 0 Å². The molecule has 0 radical (unpaired) electrons. The van der Waals surface area contributed by atoms with Gasteiger partial charge in [-0.25, -0.2) is 0 Å². The van der Waals surface area contributed by atoms with Crippen LogP contribution in [0, 0.1) is 0 Å². The molecule has 0 aliphatic heterocycles. The first-order valence-corrected chi connectivity index (χ1v) is 4.05. The van der Waals surface area contributed by atoms with Gasteiger partial charge in [0.2, 0.25) is 0 Å². The molecule has 72 valence electrons. The number of nitrogens with zero attached hydrogens (tertiary/aromatic N) is 1. The Hall–Kier alpha value is -0.610. The third kappa shape index (κ3) is 4.31. The zero-order valence-corrected chi connectivity index (χ0v) is 8.00. The second-order valence-electron chi connectivity index (χ2n) is 3.77. The largest absolute Gasteiger partial charge is 0.480 e. The number of carboxylic acid groups (broad SMARTS) is 1. The van der Waals surface area contributed by atoms with Crippen LogP contribution < -0.4 is 5.73 Å². The van der Waals surface area contributed by atoms with Crippen LogP contribution in [0.25, 0.3) is 0 Å². The molecule has 0 amide bonds. The van der Waals surface area contributed by atoms with Crippen molar-refractivity contribution in [3.05, 3.63) is 0 Å². The van der Waals surface area contributed by atoms with Crippen molar-refractivity contribution in [2.45, 2.75) is 26.3 Å². The van der Waals surface area contributed by atoms with Gasteiger partial charge in [-0.05, 0) is 20.8 Å². The molecule has 0 bridgehead atoms. The molecule has 0 unspecified atom stereocenters. The minimum absolute atomic E-state index is 0.0562. The van der Waals surface area contributed by atoms with Gasteiger partial charge in [-0.1, -0.05) is 0 Å². The summed E-state index contributed by atoms with van der Waals surface area (Å²) in [5.41, 5.74) is 5.24. The lowest BCUT2D eigenvalue weighted by molar-refractivity contribution is -0.139. The van der Waals surface area contributed by atoms with Gasteiger partial charge in [-0.3, -0.25) is 9.69 Å². The van der Waals surface area contributed by atoms with Gasteiger partial charge in [0.15, 0.2) is 0 Å². The predicted octanol–water partition coefficient (Wildman–Crippen LogP) is 0.130. The molecule has 0 aromatic rings. The normalized spacial score (nSPS) is 12.1. The zero-order chi connectivity index (χ0) is 9.78. The summed E-state index contributed by atoms with van der Waals surface area (Å²) in [7, 11) is 0. The van der Waals surface area contributed by atoms with Gasteiger partial charge in [-0.2, -0.15) is 0 Å². The summed E-state index contributed by atoms with van der Waals surface area (Å²) in [6.07, 6.45) is 0. The van der Waals surface area contributed by atoms with E-state index in [1.807, 2.05) is 25.7 Å². The summed E-state index contributed by atoms with van der Waals surface area (Å²) in [6, 6.07) is 0. The van der Waals surface area contributed by atoms with Crippen LogP contribution in [-0.4, -0.2) is 41.1 Å². The van der Waals surface area contributed by atoms with Gasteiger partial charge >= 0.3 is 5.97 Å².